The van der Waals surface area contributed by atoms with E-state index in [4.69, 9.17) is 11.6 Å². The van der Waals surface area contributed by atoms with Crippen molar-refractivity contribution in [2.75, 3.05) is 0 Å². The molecule has 2 rings (SSSR count). The van der Waals surface area contributed by atoms with Crippen molar-refractivity contribution in [2.45, 2.75) is 6.54 Å². The van der Waals surface area contributed by atoms with E-state index in [9.17, 15) is 4.79 Å². The van der Waals surface area contributed by atoms with Crippen molar-refractivity contribution in [3.8, 4) is 0 Å². The van der Waals surface area contributed by atoms with E-state index in [0.717, 1.165) is 13.6 Å². The highest BCUT2D eigenvalue weighted by Gasteiger charge is 2.10. The van der Waals surface area contributed by atoms with Gasteiger partial charge in [-0.1, -0.05) is 29.8 Å². The van der Waals surface area contributed by atoms with Gasteiger partial charge in [-0.2, -0.15) is 0 Å². The van der Waals surface area contributed by atoms with Crippen molar-refractivity contribution in [2.24, 2.45) is 0 Å². The lowest BCUT2D eigenvalue weighted by molar-refractivity contribution is 0.0950. The molecule has 5 heteroatoms. The molecule has 1 N–H and O–H groups in total. The molecule has 0 saturated heterocycles. The van der Waals surface area contributed by atoms with Gasteiger partial charge in [0.2, 0.25) is 0 Å². The zero-order chi connectivity index (χ0) is 13.8. The van der Waals surface area contributed by atoms with Crippen molar-refractivity contribution in [3.05, 3.63) is 66.7 Å². The molecule has 0 radical (unpaired) electrons. The van der Waals surface area contributed by atoms with Gasteiger partial charge in [-0.05, 0) is 68.3 Å². The molecule has 1 amide bonds. The van der Waals surface area contributed by atoms with E-state index in [-0.39, 0.29) is 5.91 Å². The van der Waals surface area contributed by atoms with Gasteiger partial charge in [-0.25, -0.2) is 0 Å². The predicted octanol–water partition coefficient (Wildman–Crippen LogP) is 4.64. The van der Waals surface area contributed by atoms with Crippen molar-refractivity contribution in [3.63, 3.8) is 0 Å². The Labute approximate surface area is 138 Å². The molecule has 98 valence electrons. The van der Waals surface area contributed by atoms with Crippen LogP contribution in [-0.4, -0.2) is 5.91 Å². The molecule has 2 aromatic rings. The van der Waals surface area contributed by atoms with Crippen LogP contribution < -0.4 is 5.32 Å². The summed E-state index contributed by atoms with van der Waals surface area (Å²) < 4.78 is 1.80. The Morgan fingerprint density at radius 2 is 2.00 bits per heavy atom. The molecule has 2 aromatic carbocycles. The summed E-state index contributed by atoms with van der Waals surface area (Å²) in [7, 11) is 0. The maximum Gasteiger partial charge on any atom is 0.252 e. The lowest BCUT2D eigenvalue weighted by atomic mass is 10.2. The fraction of sp³-hybridized carbons (Fsp3) is 0.0714. The number of rotatable bonds is 3. The van der Waals surface area contributed by atoms with Crippen molar-refractivity contribution in [1.29, 1.82) is 0 Å². The molecule has 0 bridgehead atoms. The van der Waals surface area contributed by atoms with Crippen LogP contribution in [0, 0.1) is 3.57 Å². The van der Waals surface area contributed by atoms with Gasteiger partial charge in [0.25, 0.3) is 5.91 Å². The van der Waals surface area contributed by atoms with E-state index in [1.807, 2.05) is 42.5 Å². The molecule has 0 unspecified atom stereocenters. The van der Waals surface area contributed by atoms with Crippen molar-refractivity contribution >= 4 is 56.0 Å². The quantitative estimate of drug-likeness (QED) is 0.679. The standard InChI is InChI=1S/C14H10BrClINO/c15-12-6-5-10(17)7-11(12)14(19)18-8-9-3-1-2-4-13(9)16/h1-7H,8H2,(H,18,19). The Hall–Kier alpha value is -0.590. The summed E-state index contributed by atoms with van der Waals surface area (Å²) in [6.07, 6.45) is 0. The average Bonchev–Trinajstić information content (AvgIpc) is 2.40. The Balaban J connectivity index is 2.10. The third kappa shape index (κ3) is 3.94. The number of amides is 1. The first-order valence-electron chi connectivity index (χ1n) is 5.54. The summed E-state index contributed by atoms with van der Waals surface area (Å²) in [5.41, 5.74) is 1.53. The highest BCUT2D eigenvalue weighted by molar-refractivity contribution is 14.1. The Bertz CT molecular complexity index is 618. The first-order chi connectivity index (χ1) is 9.08. The molecular formula is C14H10BrClINO. The van der Waals surface area contributed by atoms with Crippen LogP contribution in [-0.2, 0) is 6.54 Å². The number of carbonyl (C=O) groups excluding carboxylic acids is 1. The molecule has 0 saturated carbocycles. The van der Waals surface area contributed by atoms with Gasteiger partial charge in [0.05, 0.1) is 5.56 Å². The van der Waals surface area contributed by atoms with E-state index in [0.29, 0.717) is 17.1 Å². The lowest BCUT2D eigenvalue weighted by Crippen LogP contribution is -2.23. The molecule has 0 fully saturated rings. The second-order valence-corrected chi connectivity index (χ2v) is 6.41. The van der Waals surface area contributed by atoms with Crippen molar-refractivity contribution in [1.82, 2.24) is 5.32 Å². The minimum Gasteiger partial charge on any atom is -0.348 e. The summed E-state index contributed by atoms with van der Waals surface area (Å²) in [5, 5.41) is 3.52. The molecule has 0 spiro atoms. The molecule has 0 aromatic heterocycles. The van der Waals surface area contributed by atoms with Crippen LogP contribution >= 0.6 is 50.1 Å². The molecule has 0 aliphatic heterocycles. The Morgan fingerprint density at radius 3 is 2.74 bits per heavy atom. The molecule has 19 heavy (non-hydrogen) atoms. The topological polar surface area (TPSA) is 29.1 Å². The largest absolute Gasteiger partial charge is 0.348 e. The van der Waals surface area contributed by atoms with E-state index in [1.54, 1.807) is 0 Å². The molecule has 0 aliphatic carbocycles. The minimum absolute atomic E-state index is 0.120. The zero-order valence-electron chi connectivity index (χ0n) is 9.79. The van der Waals surface area contributed by atoms with E-state index in [2.05, 4.69) is 43.8 Å². The molecule has 0 aliphatic rings. The first-order valence-corrected chi connectivity index (χ1v) is 7.79. The predicted molar refractivity (Wildman–Crippen MR) is 89.5 cm³/mol. The molecular weight excluding hydrogens is 440 g/mol. The van der Waals surface area contributed by atoms with Gasteiger partial charge in [-0.15, -0.1) is 0 Å². The van der Waals surface area contributed by atoms with E-state index < -0.39 is 0 Å². The lowest BCUT2D eigenvalue weighted by Gasteiger charge is -2.08. The average molecular weight is 451 g/mol. The van der Waals surface area contributed by atoms with Crippen LogP contribution in [0.1, 0.15) is 15.9 Å². The maximum atomic E-state index is 12.1. The van der Waals surface area contributed by atoms with Gasteiger partial charge >= 0.3 is 0 Å². The first kappa shape index (κ1) is 14.8. The van der Waals surface area contributed by atoms with Gasteiger partial charge < -0.3 is 5.32 Å². The van der Waals surface area contributed by atoms with Gasteiger partial charge in [-0.3, -0.25) is 4.79 Å². The third-order valence-electron chi connectivity index (χ3n) is 2.57. The van der Waals surface area contributed by atoms with Crippen LogP contribution in [0.5, 0.6) is 0 Å². The van der Waals surface area contributed by atoms with Gasteiger partial charge in [0, 0.05) is 19.6 Å². The van der Waals surface area contributed by atoms with Gasteiger partial charge in [0.15, 0.2) is 0 Å². The summed E-state index contributed by atoms with van der Waals surface area (Å²) in [6.45, 7) is 0.413. The monoisotopic (exact) mass is 449 g/mol. The highest BCUT2D eigenvalue weighted by Crippen LogP contribution is 2.20. The molecule has 0 atom stereocenters. The van der Waals surface area contributed by atoms with Crippen LogP contribution in [0.15, 0.2) is 46.9 Å². The Morgan fingerprint density at radius 1 is 1.26 bits per heavy atom. The number of benzene rings is 2. The van der Waals surface area contributed by atoms with Crippen LogP contribution in [0.25, 0.3) is 0 Å². The second-order valence-electron chi connectivity index (χ2n) is 3.90. The number of hydrogen-bond donors (Lipinski definition) is 1. The zero-order valence-corrected chi connectivity index (χ0v) is 14.3. The van der Waals surface area contributed by atoms with Crippen molar-refractivity contribution < 1.29 is 4.79 Å². The van der Waals surface area contributed by atoms with Gasteiger partial charge in [0.1, 0.15) is 0 Å². The van der Waals surface area contributed by atoms with Crippen LogP contribution in [0.2, 0.25) is 5.02 Å². The summed E-state index contributed by atoms with van der Waals surface area (Å²) >= 11 is 11.6. The maximum absolute atomic E-state index is 12.1. The van der Waals surface area contributed by atoms with E-state index in [1.165, 1.54) is 0 Å². The third-order valence-corrected chi connectivity index (χ3v) is 4.30. The number of nitrogens with one attached hydrogen (secondary N) is 1. The SMILES string of the molecule is O=C(NCc1ccccc1Cl)c1cc(I)ccc1Br. The fourth-order valence-corrected chi connectivity index (χ4v) is 2.70. The Kier molecular flexibility index (Phi) is 5.24. The van der Waals surface area contributed by atoms with Crippen LogP contribution in [0.4, 0.5) is 0 Å². The summed E-state index contributed by atoms with van der Waals surface area (Å²) in [5.74, 6) is -0.120. The highest BCUT2D eigenvalue weighted by atomic mass is 127. The summed E-state index contributed by atoms with van der Waals surface area (Å²) in [6, 6.07) is 13.1. The minimum atomic E-state index is -0.120. The molecule has 0 heterocycles. The molecule has 2 nitrogen and oxygen atoms in total. The summed E-state index contributed by atoms with van der Waals surface area (Å²) in [4.78, 5) is 12.1. The van der Waals surface area contributed by atoms with E-state index >= 15 is 0 Å². The fourth-order valence-electron chi connectivity index (χ4n) is 1.58. The number of hydrogen-bond acceptors (Lipinski definition) is 1. The van der Waals surface area contributed by atoms with Crippen LogP contribution in [0.3, 0.4) is 0 Å². The number of carbonyl (C=O) groups is 1. The smallest absolute Gasteiger partial charge is 0.252 e. The number of halogens is 3. The normalized spacial score (nSPS) is 10.3. The second kappa shape index (κ2) is 6.72.